The zero-order valence-corrected chi connectivity index (χ0v) is 28.4. The van der Waals surface area contributed by atoms with Crippen LogP contribution in [0.1, 0.15) is 86.0 Å². The maximum Gasteiger partial charge on any atom is 0.186 e. The number of nitrogens with two attached hydrogens (primary N) is 4. The molecule has 264 valence electrons. The number of aliphatic imine (C=N–C) groups is 1. The molecule has 2 heterocycles. The van der Waals surface area contributed by atoms with Crippen molar-refractivity contribution in [3.05, 3.63) is 34.9 Å². The number of nitrogens with zero attached hydrogens (tertiary/aromatic N) is 1. The molecule has 0 radical (unpaired) electrons. The van der Waals surface area contributed by atoms with Crippen molar-refractivity contribution in [3.63, 3.8) is 0 Å². The van der Waals surface area contributed by atoms with Gasteiger partial charge in [-0.1, -0.05) is 35.8 Å². The first-order valence-electron chi connectivity index (χ1n) is 16.9. The highest BCUT2D eigenvalue weighted by Crippen LogP contribution is 2.31. The van der Waals surface area contributed by atoms with Gasteiger partial charge in [0, 0.05) is 18.3 Å². The van der Waals surface area contributed by atoms with Crippen LogP contribution in [0.5, 0.6) is 0 Å². The zero-order chi connectivity index (χ0) is 34.0. The smallest absolute Gasteiger partial charge is 0.186 e. The molecule has 13 atom stereocenters. The molecular weight excluding hydrogens is 590 g/mol. The molecule has 12 nitrogen and oxygen atoms in total. The number of aliphatic hydroxyl groups is 3. The summed E-state index contributed by atoms with van der Waals surface area (Å²) in [5.41, 5.74) is 29.1. The minimum absolute atomic E-state index is 0.197. The zero-order valence-electron chi connectivity index (χ0n) is 28.4. The second-order valence-corrected chi connectivity index (χ2v) is 13.6. The third kappa shape index (κ3) is 11.3. The molecule has 3 fully saturated rings. The van der Waals surface area contributed by atoms with Crippen molar-refractivity contribution in [3.8, 4) is 0 Å². The molecule has 12 heteroatoms. The third-order valence-corrected chi connectivity index (χ3v) is 9.20. The monoisotopic (exact) mass is 651 g/mol. The van der Waals surface area contributed by atoms with E-state index >= 15 is 0 Å². The van der Waals surface area contributed by atoms with Crippen molar-refractivity contribution in [1.82, 2.24) is 0 Å². The molecule has 0 aromatic heterocycles. The summed E-state index contributed by atoms with van der Waals surface area (Å²) in [5.74, 6) is 0. The average molecular weight is 652 g/mol. The van der Waals surface area contributed by atoms with Crippen LogP contribution in [0, 0.1) is 0 Å². The van der Waals surface area contributed by atoms with Crippen LogP contribution in [0.4, 0.5) is 0 Å². The van der Waals surface area contributed by atoms with E-state index in [1.54, 1.807) is 0 Å². The van der Waals surface area contributed by atoms with Gasteiger partial charge in [-0.3, -0.25) is 4.99 Å². The maximum atomic E-state index is 11.3. The highest BCUT2D eigenvalue weighted by Gasteiger charge is 2.49. The fraction of sp³-hybridized carbons (Fsp3) is 0.794. The highest BCUT2D eigenvalue weighted by atomic mass is 16.7. The molecule has 13 unspecified atom stereocenters. The van der Waals surface area contributed by atoms with Gasteiger partial charge in [-0.15, -0.1) is 0 Å². The Bertz CT molecular complexity index is 1050. The largest absolute Gasteiger partial charge is 0.389 e. The molecule has 1 saturated carbocycles. The van der Waals surface area contributed by atoms with Crippen LogP contribution < -0.4 is 22.9 Å². The van der Waals surface area contributed by atoms with Crippen molar-refractivity contribution < 1.29 is 34.3 Å². The molecule has 3 rings (SSSR count). The summed E-state index contributed by atoms with van der Waals surface area (Å²) >= 11 is 0. The summed E-state index contributed by atoms with van der Waals surface area (Å²) in [7, 11) is 0. The van der Waals surface area contributed by atoms with E-state index in [-0.39, 0.29) is 12.5 Å². The number of hydrogen-bond donors (Lipinski definition) is 7. The molecule has 2 aliphatic heterocycles. The Morgan fingerprint density at radius 1 is 0.783 bits per heavy atom. The van der Waals surface area contributed by atoms with Crippen LogP contribution in [0.3, 0.4) is 0 Å². The molecule has 1 aliphatic carbocycles. The molecule has 46 heavy (non-hydrogen) atoms. The molecule has 11 N–H and O–H groups in total. The normalized spacial score (nSPS) is 39.5. The van der Waals surface area contributed by atoms with Gasteiger partial charge in [-0.25, -0.2) is 0 Å². The summed E-state index contributed by atoms with van der Waals surface area (Å²) in [5, 5.41) is 32.2. The second kappa shape index (κ2) is 18.8. The van der Waals surface area contributed by atoms with E-state index in [9.17, 15) is 15.3 Å². The van der Waals surface area contributed by atoms with Gasteiger partial charge in [-0.2, -0.15) is 0 Å². The lowest BCUT2D eigenvalue weighted by Gasteiger charge is -2.47. The van der Waals surface area contributed by atoms with E-state index in [1.165, 1.54) is 16.7 Å². The number of allylic oxidation sites excluding steroid dienone is 6. The molecule has 3 aliphatic rings. The van der Waals surface area contributed by atoms with Gasteiger partial charge in [-0.05, 0) is 85.1 Å². The molecular formula is C34H61N5O7. The summed E-state index contributed by atoms with van der Waals surface area (Å²) < 4.78 is 24.2. The summed E-state index contributed by atoms with van der Waals surface area (Å²) in [6, 6.07) is -2.65. The van der Waals surface area contributed by atoms with Crippen LogP contribution >= 0.6 is 0 Å². The third-order valence-electron chi connectivity index (χ3n) is 9.20. The average Bonchev–Trinajstić information content (AvgIpc) is 3.00. The first kappa shape index (κ1) is 38.9. The van der Waals surface area contributed by atoms with Crippen molar-refractivity contribution in [1.29, 1.82) is 0 Å². The van der Waals surface area contributed by atoms with Gasteiger partial charge in [0.05, 0.1) is 36.9 Å². The summed E-state index contributed by atoms with van der Waals surface area (Å²) in [6.07, 6.45) is 6.50. The SMILES string of the molecule is CCC1OC(OC2C(N)CC(N)C(OC3OC(C/N=C/C=C(\C)CC/C=C(\C)CCC=C(C)C)CCC3N)C2O)C(O)C(N)C1O. The van der Waals surface area contributed by atoms with Gasteiger partial charge in [0.15, 0.2) is 12.6 Å². The van der Waals surface area contributed by atoms with Crippen LogP contribution in [0.25, 0.3) is 0 Å². The summed E-state index contributed by atoms with van der Waals surface area (Å²) in [6.45, 7) is 10.9. The molecule has 0 bridgehead atoms. The first-order valence-corrected chi connectivity index (χ1v) is 16.9. The van der Waals surface area contributed by atoms with Crippen LogP contribution in [-0.2, 0) is 18.9 Å². The lowest BCUT2D eigenvalue weighted by molar-refractivity contribution is -0.310. The fourth-order valence-corrected chi connectivity index (χ4v) is 6.18. The van der Waals surface area contributed by atoms with E-state index in [2.05, 4.69) is 44.8 Å². The Balaban J connectivity index is 1.52. The standard InChI is InChI=1S/C34H61N5O7/c1-6-26-28(40)27(38)29(41)34(44-26)46-32-25(37)17-24(36)31(30(32)42)45-33-23(35)14-13-22(43-33)18-39-16-15-21(5)12-8-11-20(4)10-7-9-19(2)3/h9,11,15-16,22-34,40-42H,6-8,10,12-14,17-18,35-38H2,1-5H3/b20-11+,21-15+,39-16+. The highest BCUT2D eigenvalue weighted by molar-refractivity contribution is 5.72. The van der Waals surface area contributed by atoms with Gasteiger partial charge in [0.2, 0.25) is 0 Å². The maximum absolute atomic E-state index is 11.3. The quantitative estimate of drug-likeness (QED) is 0.106. The van der Waals surface area contributed by atoms with Crippen LogP contribution in [-0.4, -0.2) is 108 Å². The number of hydrogen-bond acceptors (Lipinski definition) is 12. The predicted octanol–water partition coefficient (Wildman–Crippen LogP) is 1.68. The van der Waals surface area contributed by atoms with E-state index in [0.29, 0.717) is 19.4 Å². The Labute approximate surface area is 275 Å². The van der Waals surface area contributed by atoms with E-state index in [0.717, 1.165) is 32.1 Å². The minimum Gasteiger partial charge on any atom is -0.389 e. The number of ether oxygens (including phenoxy) is 4. The number of rotatable bonds is 14. The van der Waals surface area contributed by atoms with Crippen molar-refractivity contribution in [2.75, 3.05) is 6.54 Å². The van der Waals surface area contributed by atoms with Crippen molar-refractivity contribution in [2.45, 2.75) is 165 Å². The molecule has 0 amide bonds. The van der Waals surface area contributed by atoms with Gasteiger partial charge in [0.1, 0.15) is 24.4 Å². The molecule has 2 saturated heterocycles. The van der Waals surface area contributed by atoms with Crippen molar-refractivity contribution >= 4 is 6.21 Å². The first-order chi connectivity index (χ1) is 21.8. The Morgan fingerprint density at radius 3 is 2.07 bits per heavy atom. The Hall–Kier alpha value is -1.55. The van der Waals surface area contributed by atoms with Gasteiger partial charge >= 0.3 is 0 Å². The minimum atomic E-state index is -1.31. The van der Waals surface area contributed by atoms with Gasteiger partial charge < -0.3 is 57.2 Å². The van der Waals surface area contributed by atoms with Gasteiger partial charge in [0.25, 0.3) is 0 Å². The van der Waals surface area contributed by atoms with E-state index in [1.807, 2.05) is 19.2 Å². The Kier molecular flexibility index (Phi) is 15.9. The topological polar surface area (TPSA) is 214 Å². The molecule has 0 aromatic carbocycles. The Morgan fingerprint density at radius 2 is 1.41 bits per heavy atom. The predicted molar refractivity (Wildman–Crippen MR) is 180 cm³/mol. The lowest BCUT2D eigenvalue weighted by Crippen LogP contribution is -2.67. The molecule has 0 aromatic rings. The van der Waals surface area contributed by atoms with E-state index in [4.69, 9.17) is 41.9 Å². The van der Waals surface area contributed by atoms with Crippen LogP contribution in [0.15, 0.2) is 39.9 Å². The van der Waals surface area contributed by atoms with Crippen LogP contribution in [0.2, 0.25) is 0 Å². The van der Waals surface area contributed by atoms with Crippen molar-refractivity contribution in [2.24, 2.45) is 27.9 Å². The molecule has 0 spiro atoms. The number of aliphatic hydroxyl groups excluding tert-OH is 3. The summed E-state index contributed by atoms with van der Waals surface area (Å²) in [4.78, 5) is 4.57. The fourth-order valence-electron chi connectivity index (χ4n) is 6.18. The van der Waals surface area contributed by atoms with E-state index < -0.39 is 73.4 Å². The second-order valence-electron chi connectivity index (χ2n) is 13.6. The lowest BCUT2D eigenvalue weighted by atomic mass is 9.84.